The van der Waals surface area contributed by atoms with E-state index in [1.807, 2.05) is 36.6 Å². The number of amides is 2. The van der Waals surface area contributed by atoms with Gasteiger partial charge in [0.2, 0.25) is 5.91 Å². The van der Waals surface area contributed by atoms with E-state index >= 15 is 0 Å². The third-order valence-electron chi connectivity index (χ3n) is 3.41. The maximum Gasteiger partial charge on any atom is 0.252 e. The molecule has 23 heavy (non-hydrogen) atoms. The first-order valence-electron chi connectivity index (χ1n) is 7.41. The molecule has 0 saturated heterocycles. The van der Waals surface area contributed by atoms with Crippen molar-refractivity contribution < 1.29 is 14.3 Å². The monoisotopic (exact) mass is 332 g/mol. The number of carbonyl (C=O) groups is 2. The highest BCUT2D eigenvalue weighted by Gasteiger charge is 2.18. The van der Waals surface area contributed by atoms with Crippen LogP contribution < -0.4 is 15.8 Å². The molecule has 0 spiro atoms. The van der Waals surface area contributed by atoms with Crippen LogP contribution in [-0.4, -0.2) is 25.0 Å². The summed E-state index contributed by atoms with van der Waals surface area (Å²) in [5.41, 5.74) is 7.02. The minimum atomic E-state index is -0.449. The molecule has 0 aliphatic heterocycles. The summed E-state index contributed by atoms with van der Waals surface area (Å²) in [6.45, 7) is 2.75. The van der Waals surface area contributed by atoms with Gasteiger partial charge in [-0.15, -0.1) is 0 Å². The van der Waals surface area contributed by atoms with Gasteiger partial charge < -0.3 is 15.8 Å². The molecule has 0 fully saturated rings. The zero-order valence-corrected chi connectivity index (χ0v) is 13.8. The van der Waals surface area contributed by atoms with Gasteiger partial charge in [0.1, 0.15) is 5.75 Å². The summed E-state index contributed by atoms with van der Waals surface area (Å²) < 4.78 is 5.39. The highest BCUT2D eigenvalue weighted by atomic mass is 32.1. The number of nitrogens with one attached hydrogen (secondary N) is 1. The number of primary amides is 1. The predicted molar refractivity (Wildman–Crippen MR) is 90.7 cm³/mol. The summed E-state index contributed by atoms with van der Waals surface area (Å²) in [7, 11) is 0. The molecule has 6 heteroatoms. The first kappa shape index (κ1) is 17.0. The van der Waals surface area contributed by atoms with Gasteiger partial charge in [-0.25, -0.2) is 0 Å². The lowest BCUT2D eigenvalue weighted by molar-refractivity contribution is -0.121. The van der Waals surface area contributed by atoms with Crippen LogP contribution in [0.1, 0.15) is 22.8 Å². The molecule has 1 heterocycles. The molecule has 0 aliphatic rings. The van der Waals surface area contributed by atoms with E-state index in [0.717, 1.165) is 11.3 Å². The molecule has 5 nitrogen and oxygen atoms in total. The van der Waals surface area contributed by atoms with E-state index in [1.165, 1.54) is 11.3 Å². The minimum Gasteiger partial charge on any atom is -0.494 e. The van der Waals surface area contributed by atoms with Gasteiger partial charge in [-0.1, -0.05) is 12.1 Å². The molecule has 2 amide bonds. The number of carbonyl (C=O) groups excluding carboxylic acids is 2. The summed E-state index contributed by atoms with van der Waals surface area (Å²) >= 11 is 1.45. The maximum atomic E-state index is 11.9. The molecule has 3 N–H and O–H groups in total. The molecule has 1 aromatic heterocycles. The van der Waals surface area contributed by atoms with E-state index in [9.17, 15) is 9.59 Å². The standard InChI is InChI=1S/C17H20N2O3S/c1-2-22-15-5-3-12(4-6-15)9-14(16(18)20)10-19-17(21)13-7-8-23-11-13/h3-8,11,14H,2,9-10H2,1H3,(H2,18,20)(H,19,21). The van der Waals surface area contributed by atoms with Crippen LogP contribution in [-0.2, 0) is 11.2 Å². The van der Waals surface area contributed by atoms with Crippen LogP contribution in [0.3, 0.4) is 0 Å². The number of benzene rings is 1. The third kappa shape index (κ3) is 5.10. The molecule has 1 atom stereocenters. The molecule has 0 bridgehead atoms. The first-order chi connectivity index (χ1) is 11.1. The average molecular weight is 332 g/mol. The van der Waals surface area contributed by atoms with Gasteiger partial charge in [-0.2, -0.15) is 11.3 Å². The van der Waals surface area contributed by atoms with Crippen molar-refractivity contribution in [2.45, 2.75) is 13.3 Å². The zero-order valence-electron chi connectivity index (χ0n) is 13.0. The number of thiophene rings is 1. The Labute approximate surface area is 139 Å². The maximum absolute atomic E-state index is 11.9. The zero-order chi connectivity index (χ0) is 16.7. The van der Waals surface area contributed by atoms with Crippen molar-refractivity contribution in [3.05, 3.63) is 52.2 Å². The van der Waals surface area contributed by atoms with E-state index < -0.39 is 11.8 Å². The van der Waals surface area contributed by atoms with Crippen LogP contribution in [0, 0.1) is 5.92 Å². The van der Waals surface area contributed by atoms with Gasteiger partial charge in [0.05, 0.1) is 12.5 Å². The number of ether oxygens (including phenoxy) is 1. The van der Waals surface area contributed by atoms with Crippen molar-refractivity contribution in [1.82, 2.24) is 5.32 Å². The Morgan fingerprint density at radius 3 is 2.57 bits per heavy atom. The summed E-state index contributed by atoms with van der Waals surface area (Å²) in [5.74, 6) is -0.276. The number of hydrogen-bond donors (Lipinski definition) is 2. The van der Waals surface area contributed by atoms with Crippen molar-refractivity contribution in [1.29, 1.82) is 0 Å². The SMILES string of the molecule is CCOc1ccc(CC(CNC(=O)c2ccsc2)C(N)=O)cc1. The van der Waals surface area contributed by atoms with Crippen molar-refractivity contribution in [2.24, 2.45) is 11.7 Å². The Hall–Kier alpha value is -2.34. The highest BCUT2D eigenvalue weighted by molar-refractivity contribution is 7.08. The largest absolute Gasteiger partial charge is 0.494 e. The van der Waals surface area contributed by atoms with E-state index in [0.29, 0.717) is 18.6 Å². The molecule has 2 aromatic rings. The molecular formula is C17H20N2O3S. The third-order valence-corrected chi connectivity index (χ3v) is 4.09. The van der Waals surface area contributed by atoms with Crippen LogP contribution in [0.15, 0.2) is 41.1 Å². The first-order valence-corrected chi connectivity index (χ1v) is 8.36. The molecule has 122 valence electrons. The van der Waals surface area contributed by atoms with Gasteiger partial charge in [0.15, 0.2) is 0 Å². The normalized spacial score (nSPS) is 11.7. The number of rotatable bonds is 8. The lowest BCUT2D eigenvalue weighted by Crippen LogP contribution is -2.37. The van der Waals surface area contributed by atoms with Gasteiger partial charge in [-0.05, 0) is 42.5 Å². The van der Waals surface area contributed by atoms with E-state index in [1.54, 1.807) is 11.4 Å². The summed E-state index contributed by atoms with van der Waals surface area (Å²) in [6, 6.07) is 9.27. The van der Waals surface area contributed by atoms with Crippen LogP contribution in [0.2, 0.25) is 0 Å². The fraction of sp³-hybridized carbons (Fsp3) is 0.294. The number of hydrogen-bond acceptors (Lipinski definition) is 4. The minimum absolute atomic E-state index is 0.191. The Bertz CT molecular complexity index is 638. The second kappa shape index (κ2) is 8.33. The van der Waals surface area contributed by atoms with Crippen LogP contribution in [0.4, 0.5) is 0 Å². The Kier molecular flexibility index (Phi) is 6.17. The Morgan fingerprint density at radius 2 is 2.00 bits per heavy atom. The van der Waals surface area contributed by atoms with Crippen LogP contribution in [0.25, 0.3) is 0 Å². The Balaban J connectivity index is 1.93. The smallest absolute Gasteiger partial charge is 0.252 e. The van der Waals surface area contributed by atoms with Crippen LogP contribution >= 0.6 is 11.3 Å². The molecule has 1 aromatic carbocycles. The lowest BCUT2D eigenvalue weighted by atomic mass is 9.98. The van der Waals surface area contributed by atoms with Crippen molar-refractivity contribution in [3.8, 4) is 5.75 Å². The molecule has 0 radical (unpaired) electrons. The second-order valence-corrected chi connectivity index (χ2v) is 5.88. The Morgan fingerprint density at radius 1 is 1.26 bits per heavy atom. The number of nitrogens with two attached hydrogens (primary N) is 1. The average Bonchev–Trinajstić information content (AvgIpc) is 3.07. The van der Waals surface area contributed by atoms with E-state index in [4.69, 9.17) is 10.5 Å². The van der Waals surface area contributed by atoms with E-state index in [-0.39, 0.29) is 12.5 Å². The molecule has 2 rings (SSSR count). The summed E-state index contributed by atoms with van der Waals surface area (Å²) in [6.07, 6.45) is 0.478. The molecule has 0 saturated carbocycles. The molecule has 0 aliphatic carbocycles. The topological polar surface area (TPSA) is 81.4 Å². The van der Waals surface area contributed by atoms with Gasteiger partial charge in [0, 0.05) is 17.5 Å². The molecular weight excluding hydrogens is 312 g/mol. The lowest BCUT2D eigenvalue weighted by Gasteiger charge is -2.14. The fourth-order valence-corrected chi connectivity index (χ4v) is 2.79. The van der Waals surface area contributed by atoms with Crippen LogP contribution in [0.5, 0.6) is 5.75 Å². The second-order valence-electron chi connectivity index (χ2n) is 5.10. The van der Waals surface area contributed by atoms with E-state index in [2.05, 4.69) is 5.32 Å². The van der Waals surface area contributed by atoms with Gasteiger partial charge in [-0.3, -0.25) is 9.59 Å². The van der Waals surface area contributed by atoms with Gasteiger partial charge >= 0.3 is 0 Å². The highest BCUT2D eigenvalue weighted by Crippen LogP contribution is 2.15. The summed E-state index contributed by atoms with van der Waals surface area (Å²) in [4.78, 5) is 23.5. The van der Waals surface area contributed by atoms with Crippen molar-refractivity contribution in [3.63, 3.8) is 0 Å². The molecule has 1 unspecified atom stereocenters. The summed E-state index contributed by atoms with van der Waals surface area (Å²) in [5, 5.41) is 6.36. The predicted octanol–water partition coefficient (Wildman–Crippen LogP) is 2.22. The van der Waals surface area contributed by atoms with Crippen molar-refractivity contribution >= 4 is 23.2 Å². The van der Waals surface area contributed by atoms with Crippen molar-refractivity contribution in [2.75, 3.05) is 13.2 Å². The fourth-order valence-electron chi connectivity index (χ4n) is 2.16. The van der Waals surface area contributed by atoms with Gasteiger partial charge in [0.25, 0.3) is 5.91 Å². The quantitative estimate of drug-likeness (QED) is 0.778.